The van der Waals surface area contributed by atoms with Gasteiger partial charge in [-0.1, -0.05) is 0 Å². The second-order valence-electron chi connectivity index (χ2n) is 5.83. The van der Waals surface area contributed by atoms with E-state index in [0.29, 0.717) is 24.4 Å². The van der Waals surface area contributed by atoms with Crippen LogP contribution in [0, 0.1) is 5.41 Å². The van der Waals surface area contributed by atoms with Crippen molar-refractivity contribution in [1.29, 1.82) is 0 Å². The van der Waals surface area contributed by atoms with Crippen LogP contribution in [0.2, 0.25) is 0 Å². The van der Waals surface area contributed by atoms with E-state index in [9.17, 15) is 4.79 Å². The molecule has 2 rings (SSSR count). The maximum atomic E-state index is 11.3. The topological polar surface area (TPSA) is 109 Å². The van der Waals surface area contributed by atoms with E-state index in [-0.39, 0.29) is 5.91 Å². The minimum atomic E-state index is -0.666. The number of nitrogens with two attached hydrogens (primary N) is 1. The molecule has 8 nitrogen and oxygen atoms in total. The number of hydrogen-bond acceptors (Lipinski definition) is 7. The minimum absolute atomic E-state index is 0.363. The fourth-order valence-corrected chi connectivity index (χ4v) is 2.00. The molecular weight excluding hydrogens is 270 g/mol. The Morgan fingerprint density at radius 2 is 1.86 bits per heavy atom. The molecule has 1 aliphatic rings. The van der Waals surface area contributed by atoms with E-state index in [0.717, 1.165) is 25.9 Å². The van der Waals surface area contributed by atoms with Crippen molar-refractivity contribution >= 4 is 23.8 Å². The molecule has 0 aliphatic carbocycles. The first-order chi connectivity index (χ1) is 9.92. The zero-order valence-electron chi connectivity index (χ0n) is 12.8. The van der Waals surface area contributed by atoms with Gasteiger partial charge >= 0.3 is 0 Å². The number of amides is 1. The summed E-state index contributed by atoms with van der Waals surface area (Å²) in [7, 11) is 1.76. The molecule has 0 spiro atoms. The van der Waals surface area contributed by atoms with Gasteiger partial charge in [0.2, 0.25) is 23.8 Å². The molecule has 0 atom stereocenters. The average molecular weight is 293 g/mol. The summed E-state index contributed by atoms with van der Waals surface area (Å²) < 4.78 is 0. The van der Waals surface area contributed by atoms with E-state index in [4.69, 9.17) is 5.73 Å². The summed E-state index contributed by atoms with van der Waals surface area (Å²) in [4.78, 5) is 26.5. The van der Waals surface area contributed by atoms with Gasteiger partial charge in [-0.3, -0.25) is 4.79 Å². The number of hydrogen-bond donors (Lipinski definition) is 3. The molecule has 2 heterocycles. The van der Waals surface area contributed by atoms with Crippen LogP contribution in [0.15, 0.2) is 0 Å². The Morgan fingerprint density at radius 3 is 2.43 bits per heavy atom. The van der Waals surface area contributed by atoms with Crippen molar-refractivity contribution in [2.45, 2.75) is 26.7 Å². The zero-order chi connectivity index (χ0) is 15.5. The SMILES string of the molecule is CNc1nc(NCC(C)(C)C(N)=O)nc(N2CCCC2)n1. The largest absolute Gasteiger partial charge is 0.369 e. The molecule has 1 aromatic rings. The number of aromatic nitrogens is 3. The van der Waals surface area contributed by atoms with Crippen LogP contribution in [0.3, 0.4) is 0 Å². The van der Waals surface area contributed by atoms with Crippen LogP contribution < -0.4 is 21.3 Å². The lowest BCUT2D eigenvalue weighted by Crippen LogP contribution is -2.37. The van der Waals surface area contributed by atoms with Crippen molar-refractivity contribution in [3.63, 3.8) is 0 Å². The highest BCUT2D eigenvalue weighted by molar-refractivity contribution is 5.80. The number of nitrogens with one attached hydrogen (secondary N) is 2. The molecule has 21 heavy (non-hydrogen) atoms. The van der Waals surface area contributed by atoms with Gasteiger partial charge in [0, 0.05) is 26.7 Å². The lowest BCUT2D eigenvalue weighted by Gasteiger charge is -2.21. The zero-order valence-corrected chi connectivity index (χ0v) is 12.8. The molecule has 1 aliphatic heterocycles. The standard InChI is InChI=1S/C13H23N7O/c1-13(2,9(14)21)8-16-11-17-10(15-3)18-12(19-11)20-6-4-5-7-20/h4-8H2,1-3H3,(H2,14,21)(H2,15,16,17,18,19). The summed E-state index contributed by atoms with van der Waals surface area (Å²) in [6.45, 7) is 5.85. The van der Waals surface area contributed by atoms with E-state index in [1.165, 1.54) is 0 Å². The Labute approximate surface area is 124 Å². The van der Waals surface area contributed by atoms with Gasteiger partial charge in [-0.25, -0.2) is 0 Å². The van der Waals surface area contributed by atoms with Crippen molar-refractivity contribution in [1.82, 2.24) is 15.0 Å². The number of carbonyl (C=O) groups excluding carboxylic acids is 1. The summed E-state index contributed by atoms with van der Waals surface area (Å²) in [6, 6.07) is 0. The molecular formula is C13H23N7O. The summed E-state index contributed by atoms with van der Waals surface area (Å²) in [5.74, 6) is 1.25. The lowest BCUT2D eigenvalue weighted by atomic mass is 9.93. The number of anilines is 3. The molecule has 8 heteroatoms. The predicted octanol–water partition coefficient (Wildman–Crippen LogP) is 0.437. The van der Waals surface area contributed by atoms with Gasteiger partial charge in [0.05, 0.1) is 5.41 Å². The van der Waals surface area contributed by atoms with Crippen LogP contribution in [-0.4, -0.2) is 47.5 Å². The normalized spacial score (nSPS) is 15.1. The highest BCUT2D eigenvalue weighted by Gasteiger charge is 2.25. The third-order valence-corrected chi connectivity index (χ3v) is 3.59. The average Bonchev–Trinajstić information content (AvgIpc) is 2.99. The molecule has 0 bridgehead atoms. The van der Waals surface area contributed by atoms with Gasteiger partial charge in [0.1, 0.15) is 0 Å². The molecule has 0 saturated carbocycles. The van der Waals surface area contributed by atoms with E-state index in [2.05, 4.69) is 30.5 Å². The van der Waals surface area contributed by atoms with Crippen molar-refractivity contribution in [2.75, 3.05) is 42.2 Å². The molecule has 1 amide bonds. The Hall–Kier alpha value is -2.12. The highest BCUT2D eigenvalue weighted by atomic mass is 16.1. The van der Waals surface area contributed by atoms with Crippen LogP contribution in [-0.2, 0) is 4.79 Å². The molecule has 4 N–H and O–H groups in total. The summed E-state index contributed by atoms with van der Waals surface area (Å²) in [6.07, 6.45) is 2.30. The van der Waals surface area contributed by atoms with Crippen LogP contribution in [0.25, 0.3) is 0 Å². The Balaban J connectivity index is 2.15. The third kappa shape index (κ3) is 3.71. The van der Waals surface area contributed by atoms with Gasteiger partial charge in [0.15, 0.2) is 0 Å². The van der Waals surface area contributed by atoms with Crippen molar-refractivity contribution in [2.24, 2.45) is 11.1 Å². The summed E-state index contributed by atoms with van der Waals surface area (Å²) in [5, 5.41) is 6.01. The van der Waals surface area contributed by atoms with Crippen molar-refractivity contribution in [3.8, 4) is 0 Å². The van der Waals surface area contributed by atoms with Crippen molar-refractivity contribution < 1.29 is 4.79 Å². The Morgan fingerprint density at radius 1 is 1.24 bits per heavy atom. The van der Waals surface area contributed by atoms with Gasteiger partial charge in [-0.05, 0) is 26.7 Å². The molecule has 0 unspecified atom stereocenters. The van der Waals surface area contributed by atoms with Gasteiger partial charge in [0.25, 0.3) is 0 Å². The fraction of sp³-hybridized carbons (Fsp3) is 0.692. The minimum Gasteiger partial charge on any atom is -0.369 e. The second kappa shape index (κ2) is 6.11. The van der Waals surface area contributed by atoms with Crippen LogP contribution in [0.5, 0.6) is 0 Å². The second-order valence-corrected chi connectivity index (χ2v) is 5.83. The summed E-state index contributed by atoms with van der Waals surface area (Å²) >= 11 is 0. The van der Waals surface area contributed by atoms with E-state index >= 15 is 0 Å². The van der Waals surface area contributed by atoms with Crippen LogP contribution in [0.1, 0.15) is 26.7 Å². The van der Waals surface area contributed by atoms with Crippen LogP contribution in [0.4, 0.5) is 17.8 Å². The fourth-order valence-electron chi connectivity index (χ4n) is 2.00. The summed E-state index contributed by atoms with van der Waals surface area (Å²) in [5.41, 5.74) is 4.70. The Kier molecular flexibility index (Phi) is 4.44. The van der Waals surface area contributed by atoms with Gasteiger partial charge in [-0.2, -0.15) is 15.0 Å². The number of nitrogens with zero attached hydrogens (tertiary/aromatic N) is 4. The molecule has 1 fully saturated rings. The first kappa shape index (κ1) is 15.3. The lowest BCUT2D eigenvalue weighted by molar-refractivity contribution is -0.125. The van der Waals surface area contributed by atoms with Crippen molar-refractivity contribution in [3.05, 3.63) is 0 Å². The molecule has 1 aromatic heterocycles. The number of rotatable bonds is 6. The van der Waals surface area contributed by atoms with Gasteiger partial charge < -0.3 is 21.3 Å². The Bertz CT molecular complexity index is 511. The predicted molar refractivity (Wildman–Crippen MR) is 82.3 cm³/mol. The first-order valence-corrected chi connectivity index (χ1v) is 7.15. The van der Waals surface area contributed by atoms with Gasteiger partial charge in [-0.15, -0.1) is 0 Å². The molecule has 0 radical (unpaired) electrons. The molecule has 116 valence electrons. The smallest absolute Gasteiger partial charge is 0.231 e. The van der Waals surface area contributed by atoms with E-state index < -0.39 is 5.41 Å². The third-order valence-electron chi connectivity index (χ3n) is 3.59. The number of carbonyl (C=O) groups is 1. The maximum absolute atomic E-state index is 11.3. The monoisotopic (exact) mass is 293 g/mol. The van der Waals surface area contributed by atoms with E-state index in [1.807, 2.05) is 0 Å². The molecule has 0 aromatic carbocycles. The first-order valence-electron chi connectivity index (χ1n) is 7.15. The highest BCUT2D eigenvalue weighted by Crippen LogP contribution is 2.20. The molecule has 1 saturated heterocycles. The quantitative estimate of drug-likeness (QED) is 0.698. The van der Waals surface area contributed by atoms with Crippen LogP contribution >= 0.6 is 0 Å². The number of primary amides is 1. The maximum Gasteiger partial charge on any atom is 0.231 e. The van der Waals surface area contributed by atoms with E-state index in [1.54, 1.807) is 20.9 Å².